The summed E-state index contributed by atoms with van der Waals surface area (Å²) < 4.78 is 26.2. The van der Waals surface area contributed by atoms with Crippen LogP contribution < -0.4 is 0 Å². The van der Waals surface area contributed by atoms with Gasteiger partial charge < -0.3 is 0 Å². The third-order valence-electron chi connectivity index (χ3n) is 0.564. The van der Waals surface area contributed by atoms with Crippen molar-refractivity contribution in [2.45, 2.75) is 6.42 Å². The summed E-state index contributed by atoms with van der Waals surface area (Å²) in [5, 5.41) is 0. The Morgan fingerprint density at radius 2 is 2.44 bits per heavy atom. The van der Waals surface area contributed by atoms with Gasteiger partial charge in [-0.2, -0.15) is 0 Å². The lowest BCUT2D eigenvalue weighted by molar-refractivity contribution is 0.308. The third kappa shape index (κ3) is 8.34. The van der Waals surface area contributed by atoms with Gasteiger partial charge in [0.15, 0.2) is 0 Å². The van der Waals surface area contributed by atoms with Crippen molar-refractivity contribution >= 4 is 21.9 Å². The van der Waals surface area contributed by atoms with Crippen molar-refractivity contribution < 1.29 is 13.3 Å². The second kappa shape index (κ2) is 4.20. The zero-order valence-electron chi connectivity index (χ0n) is 4.72. The number of hydrogen-bond acceptors (Lipinski definition) is 2. The molecule has 0 fully saturated rings. The molecule has 0 aliphatic heterocycles. The molecule has 0 aromatic heterocycles. The second-order valence-electron chi connectivity index (χ2n) is 1.33. The molecular weight excluding hydrogens is 210 g/mol. The monoisotopic (exact) mass is 216 g/mol. The highest BCUT2D eigenvalue weighted by Gasteiger charge is 2.14. The van der Waals surface area contributed by atoms with E-state index in [-0.39, 0.29) is 6.61 Å². The zero-order valence-corrected chi connectivity index (χ0v) is 7.20. The van der Waals surface area contributed by atoms with Gasteiger partial charge in [0.1, 0.15) is 0 Å². The summed E-state index contributed by atoms with van der Waals surface area (Å²) in [6.07, 6.45) is -1.87. The zero-order chi connectivity index (χ0) is 7.33. The average Bonchev–Trinajstić information content (AvgIpc) is 1.63. The van der Waals surface area contributed by atoms with Gasteiger partial charge in [-0.25, -0.2) is 4.57 Å². The highest BCUT2D eigenvalue weighted by Crippen LogP contribution is 2.56. The average molecular weight is 217 g/mol. The van der Waals surface area contributed by atoms with Crippen molar-refractivity contribution in [3.63, 3.8) is 0 Å². The standard InChI is InChI=1S/C4H7BrFO2P/c1-2-3-4-8-9(5,6)7/h2H,1,3-4H2. The Hall–Kier alpha value is 0.340. The fraction of sp³-hybridized carbons (Fsp3) is 0.500. The van der Waals surface area contributed by atoms with Crippen LogP contribution in [0.1, 0.15) is 6.42 Å². The Kier molecular flexibility index (Phi) is 4.36. The summed E-state index contributed by atoms with van der Waals surface area (Å²) in [6.45, 7) is 3.47. The van der Waals surface area contributed by atoms with Gasteiger partial charge >= 0.3 is 6.38 Å². The van der Waals surface area contributed by atoms with Gasteiger partial charge in [-0.1, -0.05) is 6.08 Å². The van der Waals surface area contributed by atoms with Gasteiger partial charge in [0, 0.05) is 0 Å². The van der Waals surface area contributed by atoms with Crippen molar-refractivity contribution in [1.29, 1.82) is 0 Å². The number of hydrogen-bond donors (Lipinski definition) is 0. The largest absolute Gasteiger partial charge is 0.432 e. The van der Waals surface area contributed by atoms with Crippen LogP contribution in [0.15, 0.2) is 12.7 Å². The summed E-state index contributed by atoms with van der Waals surface area (Å²) in [6, 6.07) is 0. The smallest absolute Gasteiger partial charge is 0.297 e. The Bertz CT molecular complexity index is 133. The molecule has 0 saturated carbocycles. The van der Waals surface area contributed by atoms with Crippen molar-refractivity contribution in [2.75, 3.05) is 6.61 Å². The first-order valence-electron chi connectivity index (χ1n) is 2.31. The van der Waals surface area contributed by atoms with Gasteiger partial charge in [0.05, 0.1) is 22.1 Å². The van der Waals surface area contributed by atoms with Gasteiger partial charge in [-0.05, 0) is 6.42 Å². The van der Waals surface area contributed by atoms with Crippen LogP contribution in [0.4, 0.5) is 4.20 Å². The van der Waals surface area contributed by atoms with Crippen molar-refractivity contribution in [3.05, 3.63) is 12.7 Å². The summed E-state index contributed by atoms with van der Waals surface area (Å²) >= 11 is 2.24. The molecule has 2 nitrogen and oxygen atoms in total. The molecule has 0 rings (SSSR count). The van der Waals surface area contributed by atoms with E-state index >= 15 is 0 Å². The van der Waals surface area contributed by atoms with E-state index in [2.05, 4.69) is 26.6 Å². The Morgan fingerprint density at radius 1 is 1.89 bits per heavy atom. The van der Waals surface area contributed by atoms with Crippen molar-refractivity contribution in [3.8, 4) is 0 Å². The van der Waals surface area contributed by atoms with Gasteiger partial charge in [-0.3, -0.25) is 4.52 Å². The molecule has 0 spiro atoms. The maximum atomic E-state index is 11.9. The van der Waals surface area contributed by atoms with Crippen LogP contribution in [0.3, 0.4) is 0 Å². The maximum Gasteiger partial charge on any atom is 0.432 e. The van der Waals surface area contributed by atoms with E-state index in [1.54, 1.807) is 6.08 Å². The van der Waals surface area contributed by atoms with Crippen LogP contribution in [-0.2, 0) is 9.09 Å². The molecule has 0 N–H and O–H groups in total. The molecule has 0 heterocycles. The Morgan fingerprint density at radius 3 is 2.78 bits per heavy atom. The lowest BCUT2D eigenvalue weighted by Crippen LogP contribution is -1.82. The van der Waals surface area contributed by atoms with E-state index in [0.717, 1.165) is 0 Å². The van der Waals surface area contributed by atoms with E-state index in [1.807, 2.05) is 0 Å². The number of rotatable bonds is 4. The minimum Gasteiger partial charge on any atom is -0.297 e. The molecule has 0 aliphatic rings. The molecule has 0 aliphatic carbocycles. The SMILES string of the molecule is C=CCCOP(=O)(F)Br. The summed E-state index contributed by atoms with van der Waals surface area (Å²) in [7, 11) is 0. The number of halogens is 2. The van der Waals surface area contributed by atoms with E-state index in [4.69, 9.17) is 0 Å². The van der Waals surface area contributed by atoms with E-state index < -0.39 is 6.38 Å². The Labute approximate surface area is 61.4 Å². The van der Waals surface area contributed by atoms with Crippen molar-refractivity contribution in [2.24, 2.45) is 0 Å². The molecule has 54 valence electrons. The molecular formula is C4H7BrFO2P. The molecule has 1 atom stereocenters. The topological polar surface area (TPSA) is 26.3 Å². The first-order chi connectivity index (χ1) is 4.06. The first kappa shape index (κ1) is 9.34. The summed E-state index contributed by atoms with van der Waals surface area (Å²) in [5.74, 6) is 0. The molecule has 0 amide bonds. The van der Waals surface area contributed by atoms with Crippen molar-refractivity contribution in [1.82, 2.24) is 0 Å². The van der Waals surface area contributed by atoms with Crippen LogP contribution in [0.25, 0.3) is 0 Å². The van der Waals surface area contributed by atoms with Crippen LogP contribution >= 0.6 is 21.9 Å². The first-order valence-corrected chi connectivity index (χ1v) is 5.84. The maximum absolute atomic E-state index is 11.9. The van der Waals surface area contributed by atoms with Crippen LogP contribution in [0, 0.1) is 0 Å². The van der Waals surface area contributed by atoms with Gasteiger partial charge in [0.2, 0.25) is 0 Å². The highest BCUT2D eigenvalue weighted by molar-refractivity contribution is 9.39. The molecule has 0 radical (unpaired) electrons. The normalized spacial score (nSPS) is 16.7. The predicted molar refractivity (Wildman–Crippen MR) is 38.4 cm³/mol. The molecule has 1 unspecified atom stereocenters. The fourth-order valence-corrected chi connectivity index (χ4v) is 0.995. The minimum atomic E-state index is -3.93. The van der Waals surface area contributed by atoms with Crippen LogP contribution in [-0.4, -0.2) is 6.61 Å². The highest BCUT2D eigenvalue weighted by atomic mass is 79.9. The molecule has 5 heteroatoms. The second-order valence-corrected chi connectivity index (χ2v) is 4.95. The Balaban J connectivity index is 3.28. The quantitative estimate of drug-likeness (QED) is 0.411. The molecule has 0 bridgehead atoms. The lowest BCUT2D eigenvalue weighted by Gasteiger charge is -1.98. The molecule has 0 aromatic carbocycles. The summed E-state index contributed by atoms with van der Waals surface area (Å²) in [5.41, 5.74) is 0. The van der Waals surface area contributed by atoms with Gasteiger partial charge in [0.25, 0.3) is 0 Å². The third-order valence-corrected chi connectivity index (χ3v) is 1.66. The fourth-order valence-electron chi connectivity index (χ4n) is 0.242. The van der Waals surface area contributed by atoms with E-state index in [9.17, 15) is 8.76 Å². The van der Waals surface area contributed by atoms with E-state index in [0.29, 0.717) is 6.42 Å². The van der Waals surface area contributed by atoms with Gasteiger partial charge in [-0.15, -0.1) is 10.8 Å². The van der Waals surface area contributed by atoms with Crippen LogP contribution in [0.2, 0.25) is 0 Å². The van der Waals surface area contributed by atoms with E-state index in [1.165, 1.54) is 0 Å². The lowest BCUT2D eigenvalue weighted by atomic mass is 10.5. The predicted octanol–water partition coefficient (Wildman–Crippen LogP) is 3.05. The molecule has 0 saturated heterocycles. The molecule has 0 aromatic rings. The summed E-state index contributed by atoms with van der Waals surface area (Å²) in [4.78, 5) is 0. The minimum absolute atomic E-state index is 0.0997. The molecule has 9 heavy (non-hydrogen) atoms. The van der Waals surface area contributed by atoms with Crippen LogP contribution in [0.5, 0.6) is 0 Å².